The Hall–Kier alpha value is -1.32. The van der Waals surface area contributed by atoms with Crippen molar-refractivity contribution in [1.82, 2.24) is 0 Å². The van der Waals surface area contributed by atoms with Crippen molar-refractivity contribution < 1.29 is 9.53 Å². The van der Waals surface area contributed by atoms with Gasteiger partial charge in [-0.2, -0.15) is 0 Å². The number of carbonyl (C=O) groups excluding carboxylic acids is 1. The summed E-state index contributed by atoms with van der Waals surface area (Å²) in [7, 11) is 1.55. The monoisotopic (exact) mass is 252 g/mol. The van der Waals surface area contributed by atoms with Crippen molar-refractivity contribution in [2.45, 2.75) is 0 Å². The summed E-state index contributed by atoms with van der Waals surface area (Å²) in [4.78, 5) is 12.7. The predicted octanol–water partition coefficient (Wildman–Crippen LogP) is 3.64. The molecule has 1 aromatic heterocycles. The summed E-state index contributed by atoms with van der Waals surface area (Å²) in [5.74, 6) is 0.493. The van der Waals surface area contributed by atoms with Gasteiger partial charge in [0.1, 0.15) is 10.6 Å². The number of ether oxygens (including phenoxy) is 1. The molecule has 2 nitrogen and oxygen atoms in total. The van der Waals surface area contributed by atoms with Crippen LogP contribution in [0.2, 0.25) is 5.02 Å². The summed E-state index contributed by atoms with van der Waals surface area (Å²) in [6.07, 6.45) is 0. The standard InChI is InChI=1S/C12H9ClO2S/c1-15-10-6-7-16-12(10)11(14)8-4-2-3-5-9(8)13/h2-7H,1H3. The molecule has 0 aliphatic heterocycles. The van der Waals surface area contributed by atoms with E-state index in [9.17, 15) is 4.79 Å². The normalized spacial score (nSPS) is 10.1. The first-order valence-electron chi connectivity index (χ1n) is 4.64. The van der Waals surface area contributed by atoms with E-state index in [1.165, 1.54) is 11.3 Å². The molecule has 0 N–H and O–H groups in total. The zero-order chi connectivity index (χ0) is 11.5. The maximum Gasteiger partial charge on any atom is 0.208 e. The fraction of sp³-hybridized carbons (Fsp3) is 0.0833. The Morgan fingerprint density at radius 1 is 1.31 bits per heavy atom. The molecule has 0 aliphatic carbocycles. The van der Waals surface area contributed by atoms with Gasteiger partial charge in [-0.1, -0.05) is 23.7 Å². The summed E-state index contributed by atoms with van der Waals surface area (Å²) in [5, 5.41) is 2.28. The quantitative estimate of drug-likeness (QED) is 0.780. The Labute approximate surface area is 102 Å². The molecule has 0 saturated heterocycles. The summed E-state index contributed by atoms with van der Waals surface area (Å²) in [6.45, 7) is 0. The third kappa shape index (κ3) is 1.96. The number of hydrogen-bond acceptors (Lipinski definition) is 3. The molecule has 0 aliphatic rings. The van der Waals surface area contributed by atoms with Gasteiger partial charge < -0.3 is 4.74 Å². The van der Waals surface area contributed by atoms with Gasteiger partial charge in [-0.3, -0.25) is 4.79 Å². The molecule has 0 unspecified atom stereocenters. The fourth-order valence-corrected chi connectivity index (χ4v) is 2.43. The zero-order valence-corrected chi connectivity index (χ0v) is 10.1. The first-order valence-corrected chi connectivity index (χ1v) is 5.90. The first-order chi connectivity index (χ1) is 7.74. The smallest absolute Gasteiger partial charge is 0.208 e. The Morgan fingerprint density at radius 2 is 2.06 bits per heavy atom. The average Bonchev–Trinajstić information content (AvgIpc) is 2.77. The maximum absolute atomic E-state index is 12.2. The largest absolute Gasteiger partial charge is 0.495 e. The highest BCUT2D eigenvalue weighted by Crippen LogP contribution is 2.29. The number of benzene rings is 1. The average molecular weight is 253 g/mol. The fourth-order valence-electron chi connectivity index (χ4n) is 1.39. The van der Waals surface area contributed by atoms with Crippen LogP contribution in [0.3, 0.4) is 0 Å². The van der Waals surface area contributed by atoms with E-state index in [-0.39, 0.29) is 5.78 Å². The molecular formula is C12H9ClO2S. The van der Waals surface area contributed by atoms with Gasteiger partial charge in [-0.05, 0) is 23.6 Å². The van der Waals surface area contributed by atoms with Gasteiger partial charge in [-0.25, -0.2) is 0 Å². The number of rotatable bonds is 3. The molecule has 0 atom stereocenters. The molecule has 1 heterocycles. The molecule has 2 rings (SSSR count). The molecule has 82 valence electrons. The lowest BCUT2D eigenvalue weighted by Gasteiger charge is -2.03. The molecule has 0 amide bonds. The van der Waals surface area contributed by atoms with E-state index in [0.717, 1.165) is 0 Å². The summed E-state index contributed by atoms with van der Waals surface area (Å²) in [6, 6.07) is 8.78. The van der Waals surface area contributed by atoms with E-state index < -0.39 is 0 Å². The third-order valence-electron chi connectivity index (χ3n) is 2.17. The van der Waals surface area contributed by atoms with Crippen molar-refractivity contribution in [2.75, 3.05) is 7.11 Å². The Balaban J connectivity index is 2.44. The summed E-state index contributed by atoms with van der Waals surface area (Å²) in [5.41, 5.74) is 0.505. The minimum absolute atomic E-state index is 0.0996. The van der Waals surface area contributed by atoms with Gasteiger partial charge in [0, 0.05) is 5.56 Å². The lowest BCUT2D eigenvalue weighted by molar-refractivity contribution is 0.104. The van der Waals surface area contributed by atoms with Crippen molar-refractivity contribution in [2.24, 2.45) is 0 Å². The highest BCUT2D eigenvalue weighted by atomic mass is 35.5. The van der Waals surface area contributed by atoms with Crippen LogP contribution in [0.5, 0.6) is 5.75 Å². The second-order valence-electron chi connectivity index (χ2n) is 3.13. The van der Waals surface area contributed by atoms with Gasteiger partial charge >= 0.3 is 0 Å². The van der Waals surface area contributed by atoms with E-state index in [2.05, 4.69) is 0 Å². The molecule has 4 heteroatoms. The Morgan fingerprint density at radius 3 is 2.75 bits per heavy atom. The zero-order valence-electron chi connectivity index (χ0n) is 8.57. The molecule has 16 heavy (non-hydrogen) atoms. The van der Waals surface area contributed by atoms with Gasteiger partial charge in [0.05, 0.1) is 12.1 Å². The Kier molecular flexibility index (Phi) is 3.27. The third-order valence-corrected chi connectivity index (χ3v) is 3.40. The van der Waals surface area contributed by atoms with Crippen molar-refractivity contribution in [1.29, 1.82) is 0 Å². The van der Waals surface area contributed by atoms with E-state index in [1.54, 1.807) is 37.4 Å². The van der Waals surface area contributed by atoms with Gasteiger partial charge in [0.15, 0.2) is 0 Å². The highest BCUT2D eigenvalue weighted by molar-refractivity contribution is 7.12. The van der Waals surface area contributed by atoms with Crippen LogP contribution in [0.25, 0.3) is 0 Å². The van der Waals surface area contributed by atoms with Crippen molar-refractivity contribution in [3.63, 3.8) is 0 Å². The molecule has 0 radical (unpaired) electrons. The number of ketones is 1. The molecule has 0 spiro atoms. The SMILES string of the molecule is COc1ccsc1C(=O)c1ccccc1Cl. The van der Waals surface area contributed by atoms with Crippen LogP contribution >= 0.6 is 22.9 Å². The minimum Gasteiger partial charge on any atom is -0.495 e. The molecular weight excluding hydrogens is 244 g/mol. The maximum atomic E-state index is 12.2. The predicted molar refractivity (Wildman–Crippen MR) is 65.8 cm³/mol. The lowest BCUT2D eigenvalue weighted by Crippen LogP contribution is -2.01. The van der Waals surface area contributed by atoms with Gasteiger partial charge in [-0.15, -0.1) is 11.3 Å². The van der Waals surface area contributed by atoms with Crippen molar-refractivity contribution >= 4 is 28.7 Å². The molecule has 2 aromatic rings. The van der Waals surface area contributed by atoms with Crippen LogP contribution in [0.15, 0.2) is 35.7 Å². The molecule has 1 aromatic carbocycles. The van der Waals surface area contributed by atoms with E-state index >= 15 is 0 Å². The van der Waals surface area contributed by atoms with E-state index in [0.29, 0.717) is 21.2 Å². The van der Waals surface area contributed by atoms with E-state index in [1.807, 2.05) is 5.38 Å². The summed E-state index contributed by atoms with van der Waals surface area (Å²) >= 11 is 7.33. The minimum atomic E-state index is -0.0996. The van der Waals surface area contributed by atoms with Crippen LogP contribution < -0.4 is 4.74 Å². The Bertz CT molecular complexity index is 519. The number of halogens is 1. The van der Waals surface area contributed by atoms with Crippen LogP contribution in [-0.2, 0) is 0 Å². The second kappa shape index (κ2) is 4.68. The van der Waals surface area contributed by atoms with Crippen LogP contribution in [0.1, 0.15) is 15.2 Å². The lowest BCUT2D eigenvalue weighted by atomic mass is 10.1. The number of methoxy groups -OCH3 is 1. The number of carbonyl (C=O) groups is 1. The van der Waals surface area contributed by atoms with Crippen molar-refractivity contribution in [3.05, 3.63) is 51.2 Å². The first kappa shape index (κ1) is 11.2. The number of hydrogen-bond donors (Lipinski definition) is 0. The topological polar surface area (TPSA) is 26.3 Å². The number of thiophene rings is 1. The van der Waals surface area contributed by atoms with Crippen LogP contribution in [0.4, 0.5) is 0 Å². The molecule has 0 bridgehead atoms. The van der Waals surface area contributed by atoms with Crippen molar-refractivity contribution in [3.8, 4) is 5.75 Å². The molecule has 0 saturated carbocycles. The van der Waals surface area contributed by atoms with Crippen LogP contribution in [-0.4, -0.2) is 12.9 Å². The van der Waals surface area contributed by atoms with E-state index in [4.69, 9.17) is 16.3 Å². The highest BCUT2D eigenvalue weighted by Gasteiger charge is 2.17. The summed E-state index contributed by atoms with van der Waals surface area (Å²) < 4.78 is 5.11. The molecule has 0 fully saturated rings. The van der Waals surface area contributed by atoms with Crippen LogP contribution in [0, 0.1) is 0 Å². The van der Waals surface area contributed by atoms with Gasteiger partial charge in [0.25, 0.3) is 0 Å². The van der Waals surface area contributed by atoms with Gasteiger partial charge in [0.2, 0.25) is 5.78 Å². The second-order valence-corrected chi connectivity index (χ2v) is 4.45.